The number of hydrogen-bond acceptors (Lipinski definition) is 5. The summed E-state index contributed by atoms with van der Waals surface area (Å²) < 4.78 is 22.1. The topological polar surface area (TPSA) is 86.7 Å². The minimum absolute atomic E-state index is 0.00838. The minimum Gasteiger partial charge on any atom is -0.395 e. The Labute approximate surface area is 108 Å². The smallest absolute Gasteiger partial charge is 0.223 e. The zero-order valence-electron chi connectivity index (χ0n) is 10.8. The molecule has 1 aliphatic heterocycles. The van der Waals surface area contributed by atoms with Crippen LogP contribution in [0.25, 0.3) is 0 Å². The summed E-state index contributed by atoms with van der Waals surface area (Å²) in [7, 11) is -3.12. The SMILES string of the molecule is CS(=O)(=O)CCC(=O)N(CCO)CC1CCCN1. The van der Waals surface area contributed by atoms with Gasteiger partial charge in [0.15, 0.2) is 0 Å². The van der Waals surface area contributed by atoms with Crippen molar-refractivity contribution in [3.8, 4) is 0 Å². The quantitative estimate of drug-likeness (QED) is 0.623. The van der Waals surface area contributed by atoms with Gasteiger partial charge in [0.2, 0.25) is 5.91 Å². The average Bonchev–Trinajstić information content (AvgIpc) is 2.77. The molecular formula is C11H22N2O4S. The summed E-state index contributed by atoms with van der Waals surface area (Å²) in [6.07, 6.45) is 3.22. The number of aliphatic hydroxyl groups excluding tert-OH is 1. The van der Waals surface area contributed by atoms with E-state index in [0.29, 0.717) is 6.54 Å². The molecule has 1 fully saturated rings. The number of carbonyl (C=O) groups is 1. The highest BCUT2D eigenvalue weighted by molar-refractivity contribution is 7.90. The molecule has 1 saturated heterocycles. The van der Waals surface area contributed by atoms with Gasteiger partial charge in [-0.25, -0.2) is 8.42 Å². The number of aliphatic hydroxyl groups is 1. The molecule has 0 bridgehead atoms. The first-order valence-electron chi connectivity index (χ1n) is 6.22. The third kappa shape index (κ3) is 5.79. The Balaban J connectivity index is 2.46. The zero-order chi connectivity index (χ0) is 13.6. The van der Waals surface area contributed by atoms with Crippen LogP contribution >= 0.6 is 0 Å². The van der Waals surface area contributed by atoms with Crippen molar-refractivity contribution >= 4 is 15.7 Å². The third-order valence-corrected chi connectivity index (χ3v) is 3.96. The van der Waals surface area contributed by atoms with Crippen LogP contribution in [0.5, 0.6) is 0 Å². The second kappa shape index (κ2) is 7.06. The van der Waals surface area contributed by atoms with Crippen LogP contribution in [0.15, 0.2) is 0 Å². The molecule has 1 aliphatic rings. The first kappa shape index (κ1) is 15.4. The van der Waals surface area contributed by atoms with Crippen molar-refractivity contribution in [2.24, 2.45) is 0 Å². The number of sulfone groups is 1. The maximum atomic E-state index is 11.9. The van der Waals surface area contributed by atoms with Crippen LogP contribution in [0, 0.1) is 0 Å². The molecule has 18 heavy (non-hydrogen) atoms. The Hall–Kier alpha value is -0.660. The van der Waals surface area contributed by atoms with Crippen molar-refractivity contribution in [1.82, 2.24) is 10.2 Å². The van der Waals surface area contributed by atoms with Crippen LogP contribution < -0.4 is 5.32 Å². The molecule has 0 aromatic heterocycles. The van der Waals surface area contributed by atoms with E-state index in [1.54, 1.807) is 4.90 Å². The van der Waals surface area contributed by atoms with E-state index in [1.807, 2.05) is 0 Å². The third-order valence-electron chi connectivity index (χ3n) is 3.01. The van der Waals surface area contributed by atoms with Gasteiger partial charge in [0.1, 0.15) is 9.84 Å². The Kier molecular flexibility index (Phi) is 6.04. The van der Waals surface area contributed by atoms with Gasteiger partial charge in [0.25, 0.3) is 0 Å². The van der Waals surface area contributed by atoms with Crippen molar-refractivity contribution in [2.75, 3.05) is 38.2 Å². The Morgan fingerprint density at radius 3 is 2.72 bits per heavy atom. The molecule has 1 amide bonds. The van der Waals surface area contributed by atoms with Crippen molar-refractivity contribution < 1.29 is 18.3 Å². The highest BCUT2D eigenvalue weighted by atomic mass is 32.2. The summed E-state index contributed by atoms with van der Waals surface area (Å²) in [5.74, 6) is -0.338. The molecule has 0 aliphatic carbocycles. The monoisotopic (exact) mass is 278 g/mol. The van der Waals surface area contributed by atoms with E-state index in [0.717, 1.165) is 25.6 Å². The molecule has 6 nitrogen and oxygen atoms in total. The van der Waals surface area contributed by atoms with Gasteiger partial charge in [-0.15, -0.1) is 0 Å². The molecule has 0 aromatic rings. The maximum absolute atomic E-state index is 11.9. The van der Waals surface area contributed by atoms with E-state index in [2.05, 4.69) is 5.32 Å². The van der Waals surface area contributed by atoms with Crippen LogP contribution in [0.1, 0.15) is 19.3 Å². The van der Waals surface area contributed by atoms with E-state index in [1.165, 1.54) is 0 Å². The summed E-state index contributed by atoms with van der Waals surface area (Å²) in [6.45, 7) is 1.66. The van der Waals surface area contributed by atoms with Crippen LogP contribution in [0.4, 0.5) is 0 Å². The van der Waals surface area contributed by atoms with E-state index < -0.39 is 9.84 Å². The Morgan fingerprint density at radius 1 is 1.50 bits per heavy atom. The van der Waals surface area contributed by atoms with Gasteiger partial charge < -0.3 is 15.3 Å². The fourth-order valence-corrected chi connectivity index (χ4v) is 2.59. The van der Waals surface area contributed by atoms with E-state index in [-0.39, 0.29) is 37.3 Å². The zero-order valence-corrected chi connectivity index (χ0v) is 11.6. The van der Waals surface area contributed by atoms with Gasteiger partial charge in [0, 0.05) is 31.8 Å². The second-order valence-corrected chi connectivity index (χ2v) is 7.00. The van der Waals surface area contributed by atoms with Crippen molar-refractivity contribution in [1.29, 1.82) is 0 Å². The lowest BCUT2D eigenvalue weighted by Crippen LogP contribution is -2.42. The molecule has 0 radical (unpaired) electrons. The molecule has 106 valence electrons. The largest absolute Gasteiger partial charge is 0.395 e. The normalized spacial score (nSPS) is 20.0. The standard InChI is InChI=1S/C11H22N2O4S/c1-18(16,17)8-4-11(15)13(6-7-14)9-10-3-2-5-12-10/h10,12,14H,2-9H2,1H3. The fraction of sp³-hybridized carbons (Fsp3) is 0.909. The summed E-state index contributed by atoms with van der Waals surface area (Å²) >= 11 is 0. The van der Waals surface area contributed by atoms with Crippen LogP contribution in [-0.2, 0) is 14.6 Å². The van der Waals surface area contributed by atoms with Gasteiger partial charge in [-0.1, -0.05) is 0 Å². The van der Waals surface area contributed by atoms with Gasteiger partial charge in [-0.3, -0.25) is 4.79 Å². The summed E-state index contributed by atoms with van der Waals surface area (Å²) in [5.41, 5.74) is 0. The first-order chi connectivity index (χ1) is 8.42. The first-order valence-corrected chi connectivity index (χ1v) is 8.28. The fourth-order valence-electron chi connectivity index (χ4n) is 2.05. The van der Waals surface area contributed by atoms with Gasteiger partial charge in [-0.2, -0.15) is 0 Å². The Morgan fingerprint density at radius 2 is 2.22 bits per heavy atom. The molecule has 1 heterocycles. The number of nitrogens with zero attached hydrogens (tertiary/aromatic N) is 1. The van der Waals surface area contributed by atoms with E-state index >= 15 is 0 Å². The second-order valence-electron chi connectivity index (χ2n) is 4.74. The van der Waals surface area contributed by atoms with Crippen molar-refractivity contribution in [3.63, 3.8) is 0 Å². The lowest BCUT2D eigenvalue weighted by atomic mass is 10.2. The van der Waals surface area contributed by atoms with E-state index in [4.69, 9.17) is 5.11 Å². The number of rotatable bonds is 7. The summed E-state index contributed by atoms with van der Waals surface area (Å²) in [4.78, 5) is 13.4. The lowest BCUT2D eigenvalue weighted by molar-refractivity contribution is -0.131. The average molecular weight is 278 g/mol. The predicted octanol–water partition coefficient (Wildman–Crippen LogP) is -1.01. The van der Waals surface area contributed by atoms with E-state index in [9.17, 15) is 13.2 Å². The van der Waals surface area contributed by atoms with Gasteiger partial charge >= 0.3 is 0 Å². The number of amides is 1. The summed E-state index contributed by atoms with van der Waals surface area (Å²) in [5, 5.41) is 12.2. The molecule has 1 atom stereocenters. The molecule has 0 aromatic carbocycles. The predicted molar refractivity (Wildman–Crippen MR) is 69.0 cm³/mol. The highest BCUT2D eigenvalue weighted by Gasteiger charge is 2.21. The lowest BCUT2D eigenvalue weighted by Gasteiger charge is -2.25. The Bertz CT molecular complexity index is 363. The molecule has 0 spiro atoms. The highest BCUT2D eigenvalue weighted by Crippen LogP contribution is 2.08. The van der Waals surface area contributed by atoms with Gasteiger partial charge in [-0.05, 0) is 19.4 Å². The molecule has 1 unspecified atom stereocenters. The molecule has 0 saturated carbocycles. The molecule has 7 heteroatoms. The maximum Gasteiger partial charge on any atom is 0.223 e. The molecular weight excluding hydrogens is 256 g/mol. The summed E-state index contributed by atoms with van der Waals surface area (Å²) in [6, 6.07) is 0.263. The number of nitrogens with one attached hydrogen (secondary N) is 1. The van der Waals surface area contributed by atoms with Gasteiger partial charge in [0.05, 0.1) is 12.4 Å². The number of hydrogen-bond donors (Lipinski definition) is 2. The minimum atomic E-state index is -3.12. The van der Waals surface area contributed by atoms with Crippen molar-refractivity contribution in [2.45, 2.75) is 25.3 Å². The van der Waals surface area contributed by atoms with Crippen LogP contribution in [-0.4, -0.2) is 68.6 Å². The van der Waals surface area contributed by atoms with Crippen molar-refractivity contribution in [3.05, 3.63) is 0 Å². The van der Waals surface area contributed by atoms with Crippen LogP contribution in [0.2, 0.25) is 0 Å². The number of carbonyl (C=O) groups excluding carboxylic acids is 1. The molecule has 1 rings (SSSR count). The molecule has 2 N–H and O–H groups in total. The van der Waals surface area contributed by atoms with Crippen LogP contribution in [0.3, 0.4) is 0 Å².